The van der Waals surface area contributed by atoms with Crippen LogP contribution in [-0.2, 0) is 10.0 Å². The summed E-state index contributed by atoms with van der Waals surface area (Å²) in [5.74, 6) is 0.739. The minimum Gasteiger partial charge on any atom is -0.363 e. The van der Waals surface area contributed by atoms with E-state index in [1.807, 2.05) is 36.9 Å². The lowest BCUT2D eigenvalue weighted by molar-refractivity contribution is 0.382. The van der Waals surface area contributed by atoms with E-state index in [-0.39, 0.29) is 23.0 Å². The molecular formula is C17H21ClFN5O2S. The fraction of sp³-hybridized carbons (Fsp3) is 0.412. The van der Waals surface area contributed by atoms with Crippen molar-refractivity contribution in [2.45, 2.75) is 11.8 Å². The summed E-state index contributed by atoms with van der Waals surface area (Å²) in [6.45, 7) is 3.39. The zero-order chi connectivity index (χ0) is 19.8. The first-order valence-corrected chi connectivity index (χ1v) is 10.2. The fourth-order valence-corrected chi connectivity index (χ4v) is 4.52. The average Bonchev–Trinajstić information content (AvgIpc) is 2.63. The van der Waals surface area contributed by atoms with E-state index in [2.05, 4.69) is 9.97 Å². The quantitative estimate of drug-likeness (QED) is 0.765. The van der Waals surface area contributed by atoms with Crippen molar-refractivity contribution in [2.24, 2.45) is 0 Å². The molecule has 3 rings (SSSR count). The van der Waals surface area contributed by atoms with E-state index < -0.39 is 15.8 Å². The molecule has 0 saturated carbocycles. The number of hydrogen-bond donors (Lipinski definition) is 0. The van der Waals surface area contributed by atoms with E-state index >= 15 is 0 Å². The van der Waals surface area contributed by atoms with Gasteiger partial charge < -0.3 is 9.80 Å². The Morgan fingerprint density at radius 2 is 1.78 bits per heavy atom. The largest absolute Gasteiger partial charge is 0.363 e. The molecule has 27 heavy (non-hydrogen) atoms. The molecule has 1 saturated heterocycles. The summed E-state index contributed by atoms with van der Waals surface area (Å²) < 4.78 is 40.3. The summed E-state index contributed by atoms with van der Waals surface area (Å²) >= 11 is 5.73. The number of hydrogen-bond acceptors (Lipinski definition) is 6. The Balaban J connectivity index is 1.76. The minimum atomic E-state index is -3.73. The first-order chi connectivity index (χ1) is 12.7. The van der Waals surface area contributed by atoms with Gasteiger partial charge in [-0.25, -0.2) is 17.8 Å². The molecule has 0 atom stereocenters. The van der Waals surface area contributed by atoms with Gasteiger partial charge in [0.25, 0.3) is 0 Å². The number of anilines is 2. The first kappa shape index (κ1) is 19.8. The Kier molecular flexibility index (Phi) is 5.55. The summed E-state index contributed by atoms with van der Waals surface area (Å²) in [5.41, 5.74) is 0.847. The number of sulfonamides is 1. The Bertz CT molecular complexity index is 946. The van der Waals surface area contributed by atoms with Crippen molar-refractivity contribution in [2.75, 3.05) is 50.1 Å². The van der Waals surface area contributed by atoms with Crippen LogP contribution in [0, 0.1) is 12.7 Å². The molecule has 1 aliphatic heterocycles. The molecule has 0 N–H and O–H groups in total. The van der Waals surface area contributed by atoms with Crippen molar-refractivity contribution in [1.29, 1.82) is 0 Å². The van der Waals surface area contributed by atoms with Crippen molar-refractivity contribution in [1.82, 2.24) is 14.3 Å². The Hall–Kier alpha value is -1.97. The summed E-state index contributed by atoms with van der Waals surface area (Å²) in [6, 6.07) is 5.33. The van der Waals surface area contributed by atoms with Gasteiger partial charge in [-0.05, 0) is 25.1 Å². The third kappa shape index (κ3) is 4.15. The Morgan fingerprint density at radius 1 is 1.11 bits per heavy atom. The second kappa shape index (κ2) is 7.57. The summed E-state index contributed by atoms with van der Waals surface area (Å²) in [6.07, 6.45) is 0. The molecule has 1 fully saturated rings. The highest BCUT2D eigenvalue weighted by molar-refractivity contribution is 7.89. The smallest absolute Gasteiger partial charge is 0.243 e. The highest BCUT2D eigenvalue weighted by atomic mass is 35.5. The van der Waals surface area contributed by atoms with Crippen LogP contribution in [0.1, 0.15) is 5.69 Å². The van der Waals surface area contributed by atoms with E-state index in [4.69, 9.17) is 11.6 Å². The van der Waals surface area contributed by atoms with Crippen LogP contribution in [0.15, 0.2) is 29.2 Å². The third-order valence-corrected chi connectivity index (χ3v) is 6.52. The van der Waals surface area contributed by atoms with Crippen LogP contribution in [0.3, 0.4) is 0 Å². The molecule has 1 aliphatic rings. The summed E-state index contributed by atoms with van der Waals surface area (Å²) in [4.78, 5) is 12.9. The van der Waals surface area contributed by atoms with Crippen LogP contribution in [0.25, 0.3) is 0 Å². The summed E-state index contributed by atoms with van der Waals surface area (Å²) in [7, 11) is 0.0831. The van der Waals surface area contributed by atoms with Crippen molar-refractivity contribution in [3.05, 3.63) is 40.8 Å². The highest BCUT2D eigenvalue weighted by Crippen LogP contribution is 2.24. The molecule has 0 aliphatic carbocycles. The SMILES string of the molecule is Cc1cc(N(C)C)nc(N2CCN(S(=O)(=O)c3ccc(F)c(Cl)c3)CC2)n1. The van der Waals surface area contributed by atoms with Gasteiger partial charge in [0.2, 0.25) is 16.0 Å². The number of halogens is 2. The summed E-state index contributed by atoms with van der Waals surface area (Å²) in [5, 5.41) is -0.209. The highest BCUT2D eigenvalue weighted by Gasteiger charge is 2.30. The predicted molar refractivity (Wildman–Crippen MR) is 103 cm³/mol. The lowest BCUT2D eigenvalue weighted by Crippen LogP contribution is -2.49. The van der Waals surface area contributed by atoms with Gasteiger partial charge in [0.15, 0.2) is 0 Å². The number of nitrogens with zero attached hydrogens (tertiary/aromatic N) is 5. The van der Waals surface area contributed by atoms with Crippen LogP contribution >= 0.6 is 11.6 Å². The van der Waals surface area contributed by atoms with E-state index in [0.29, 0.717) is 19.0 Å². The number of benzene rings is 1. The van der Waals surface area contributed by atoms with Crippen LogP contribution in [-0.4, -0.2) is 63.0 Å². The predicted octanol–water partition coefficient (Wildman–Crippen LogP) is 2.15. The Labute approximate surface area is 163 Å². The van der Waals surface area contributed by atoms with Crippen molar-refractivity contribution in [3.63, 3.8) is 0 Å². The van der Waals surface area contributed by atoms with Gasteiger partial charge in [0, 0.05) is 52.0 Å². The van der Waals surface area contributed by atoms with E-state index in [1.54, 1.807) is 0 Å². The van der Waals surface area contributed by atoms with Crippen LogP contribution in [0.4, 0.5) is 16.2 Å². The molecule has 1 aromatic heterocycles. The van der Waals surface area contributed by atoms with Gasteiger partial charge >= 0.3 is 0 Å². The van der Waals surface area contributed by atoms with Gasteiger partial charge in [-0.15, -0.1) is 0 Å². The number of rotatable bonds is 4. The Morgan fingerprint density at radius 3 is 2.37 bits per heavy atom. The minimum absolute atomic E-state index is 0.0101. The standard InChI is InChI=1S/C17H21ClFN5O2S/c1-12-10-16(22(2)3)21-17(20-12)23-6-8-24(9-7-23)27(25,26)13-4-5-15(19)14(18)11-13/h4-5,10-11H,6-9H2,1-3H3. The van der Waals surface area contributed by atoms with E-state index in [1.165, 1.54) is 10.4 Å². The first-order valence-electron chi connectivity index (χ1n) is 8.41. The van der Waals surface area contributed by atoms with Crippen molar-refractivity contribution < 1.29 is 12.8 Å². The van der Waals surface area contributed by atoms with Crippen molar-refractivity contribution >= 4 is 33.4 Å². The average molecular weight is 414 g/mol. The molecule has 1 aromatic carbocycles. The molecule has 2 aromatic rings. The molecule has 0 spiro atoms. The van der Waals surface area contributed by atoms with Crippen molar-refractivity contribution in [3.8, 4) is 0 Å². The lowest BCUT2D eigenvalue weighted by Gasteiger charge is -2.34. The molecule has 10 heteroatoms. The maximum absolute atomic E-state index is 13.3. The van der Waals surface area contributed by atoms with E-state index in [0.717, 1.165) is 23.6 Å². The lowest BCUT2D eigenvalue weighted by atomic mass is 10.3. The molecule has 2 heterocycles. The molecule has 7 nitrogen and oxygen atoms in total. The van der Waals surface area contributed by atoms with Gasteiger partial charge in [-0.1, -0.05) is 11.6 Å². The van der Waals surface area contributed by atoms with Gasteiger partial charge in [0.05, 0.1) is 9.92 Å². The fourth-order valence-electron chi connectivity index (χ4n) is 2.82. The van der Waals surface area contributed by atoms with Crippen LogP contribution in [0.5, 0.6) is 0 Å². The van der Waals surface area contributed by atoms with Crippen LogP contribution in [0.2, 0.25) is 5.02 Å². The maximum atomic E-state index is 13.3. The third-order valence-electron chi connectivity index (χ3n) is 4.34. The molecule has 0 unspecified atom stereocenters. The number of aryl methyl sites for hydroxylation is 1. The topological polar surface area (TPSA) is 69.6 Å². The zero-order valence-electron chi connectivity index (χ0n) is 15.4. The second-order valence-corrected chi connectivity index (χ2v) is 8.87. The van der Waals surface area contributed by atoms with Gasteiger partial charge in [-0.2, -0.15) is 9.29 Å². The van der Waals surface area contributed by atoms with Gasteiger partial charge in [0.1, 0.15) is 11.6 Å². The van der Waals surface area contributed by atoms with Gasteiger partial charge in [-0.3, -0.25) is 0 Å². The van der Waals surface area contributed by atoms with E-state index in [9.17, 15) is 12.8 Å². The molecule has 146 valence electrons. The number of aromatic nitrogens is 2. The normalized spacial score (nSPS) is 15.8. The zero-order valence-corrected chi connectivity index (χ0v) is 16.9. The molecule has 0 radical (unpaired) electrons. The monoisotopic (exact) mass is 413 g/mol. The maximum Gasteiger partial charge on any atom is 0.243 e. The number of piperazine rings is 1. The van der Waals surface area contributed by atoms with Crippen LogP contribution < -0.4 is 9.80 Å². The molecular weight excluding hydrogens is 393 g/mol. The molecule has 0 amide bonds. The second-order valence-electron chi connectivity index (χ2n) is 6.53. The molecule has 0 bridgehead atoms.